The number of methoxy groups -OCH3 is 1. The van der Waals surface area contributed by atoms with Crippen molar-refractivity contribution in [2.75, 3.05) is 7.11 Å². The van der Waals surface area contributed by atoms with Crippen molar-refractivity contribution in [3.63, 3.8) is 0 Å². The van der Waals surface area contributed by atoms with E-state index in [9.17, 15) is 0 Å². The molecule has 2 nitrogen and oxygen atoms in total. The first-order chi connectivity index (χ1) is 9.02. The maximum atomic E-state index is 6.34. The summed E-state index contributed by atoms with van der Waals surface area (Å²) in [5.74, 6) is 0.652. The Morgan fingerprint density at radius 2 is 1.84 bits per heavy atom. The van der Waals surface area contributed by atoms with Crippen molar-refractivity contribution in [3.8, 4) is 5.75 Å². The molecule has 1 atom stereocenters. The summed E-state index contributed by atoms with van der Waals surface area (Å²) in [6.45, 7) is 4.16. The third-order valence-electron chi connectivity index (χ3n) is 3.29. The summed E-state index contributed by atoms with van der Waals surface area (Å²) in [5, 5.41) is 0.596. The van der Waals surface area contributed by atoms with Crippen LogP contribution in [0.4, 0.5) is 0 Å². The number of rotatable bonds is 3. The lowest BCUT2D eigenvalue weighted by molar-refractivity contribution is 0.414. The van der Waals surface area contributed by atoms with Crippen LogP contribution in [-0.4, -0.2) is 7.11 Å². The number of nitrogens with two attached hydrogens (primary N) is 1. The highest BCUT2D eigenvalue weighted by Gasteiger charge is 2.13. The molecule has 0 bridgehead atoms. The molecule has 0 spiro atoms. The number of benzene rings is 2. The second-order valence-corrected chi connectivity index (χ2v) is 5.14. The highest BCUT2D eigenvalue weighted by Crippen LogP contribution is 2.30. The Morgan fingerprint density at radius 3 is 2.47 bits per heavy atom. The molecule has 19 heavy (non-hydrogen) atoms. The molecule has 0 amide bonds. The Bertz CT molecular complexity index is 595. The van der Waals surface area contributed by atoms with Crippen LogP contribution in [0.2, 0.25) is 5.02 Å². The maximum Gasteiger partial charge on any atom is 0.137 e. The second-order valence-electron chi connectivity index (χ2n) is 4.73. The van der Waals surface area contributed by atoms with E-state index in [1.807, 2.05) is 18.2 Å². The predicted octanol–water partition coefficient (Wildman–Crippen LogP) is 4.01. The number of hydrogen-bond donors (Lipinski definition) is 1. The molecule has 1 unspecified atom stereocenters. The lowest BCUT2D eigenvalue weighted by Crippen LogP contribution is -2.13. The molecular weight excluding hydrogens is 258 g/mol. The molecule has 3 heteroatoms. The van der Waals surface area contributed by atoms with Crippen molar-refractivity contribution >= 4 is 11.6 Å². The minimum absolute atomic E-state index is 0.174. The van der Waals surface area contributed by atoms with Crippen LogP contribution in [-0.2, 0) is 0 Å². The molecule has 0 aliphatic carbocycles. The van der Waals surface area contributed by atoms with Gasteiger partial charge in [-0.05, 0) is 42.7 Å². The molecule has 0 saturated carbocycles. The van der Waals surface area contributed by atoms with Gasteiger partial charge in [0.15, 0.2) is 0 Å². The van der Waals surface area contributed by atoms with Crippen molar-refractivity contribution < 1.29 is 4.74 Å². The van der Waals surface area contributed by atoms with Gasteiger partial charge in [0.25, 0.3) is 0 Å². The lowest BCUT2D eigenvalue weighted by atomic mass is 9.94. The fourth-order valence-electron chi connectivity index (χ4n) is 2.22. The van der Waals surface area contributed by atoms with Gasteiger partial charge in [0.05, 0.1) is 18.2 Å². The molecule has 0 fully saturated rings. The number of ether oxygens (including phenoxy) is 1. The van der Waals surface area contributed by atoms with E-state index in [1.54, 1.807) is 7.11 Å². The fourth-order valence-corrected chi connectivity index (χ4v) is 2.42. The third-order valence-corrected chi connectivity index (χ3v) is 3.61. The molecule has 0 radical (unpaired) electrons. The van der Waals surface area contributed by atoms with E-state index < -0.39 is 0 Å². The van der Waals surface area contributed by atoms with Crippen LogP contribution in [0.25, 0.3) is 0 Å². The van der Waals surface area contributed by atoms with Crippen LogP contribution in [0.15, 0.2) is 36.4 Å². The van der Waals surface area contributed by atoms with Gasteiger partial charge >= 0.3 is 0 Å². The Morgan fingerprint density at radius 1 is 1.11 bits per heavy atom. The number of hydrogen-bond acceptors (Lipinski definition) is 2. The first-order valence-electron chi connectivity index (χ1n) is 6.19. The SMILES string of the molecule is COc1cc(C(N)c2ccc(C)cc2C)ccc1Cl. The van der Waals surface area contributed by atoms with Crippen molar-refractivity contribution in [3.05, 3.63) is 63.7 Å². The smallest absolute Gasteiger partial charge is 0.137 e. The minimum Gasteiger partial charge on any atom is -0.495 e. The Labute approximate surface area is 119 Å². The highest BCUT2D eigenvalue weighted by molar-refractivity contribution is 6.32. The number of aryl methyl sites for hydroxylation is 2. The lowest BCUT2D eigenvalue weighted by Gasteiger charge is -2.17. The van der Waals surface area contributed by atoms with Gasteiger partial charge in [-0.3, -0.25) is 0 Å². The van der Waals surface area contributed by atoms with Gasteiger partial charge in [-0.15, -0.1) is 0 Å². The topological polar surface area (TPSA) is 35.2 Å². The van der Waals surface area contributed by atoms with E-state index in [-0.39, 0.29) is 6.04 Å². The standard InChI is InChI=1S/C16H18ClNO/c1-10-4-6-13(11(2)8-10)16(18)12-5-7-14(17)15(9-12)19-3/h4-9,16H,18H2,1-3H3. The summed E-state index contributed by atoms with van der Waals surface area (Å²) in [6, 6.07) is 11.8. The summed E-state index contributed by atoms with van der Waals surface area (Å²) >= 11 is 6.03. The maximum absolute atomic E-state index is 6.34. The van der Waals surface area contributed by atoms with Crippen LogP contribution in [0.1, 0.15) is 28.3 Å². The van der Waals surface area contributed by atoms with Crippen molar-refractivity contribution in [1.29, 1.82) is 0 Å². The summed E-state index contributed by atoms with van der Waals surface area (Å²) < 4.78 is 5.23. The van der Waals surface area contributed by atoms with Gasteiger partial charge in [-0.1, -0.05) is 41.4 Å². The quantitative estimate of drug-likeness (QED) is 0.918. The molecule has 2 aromatic carbocycles. The van der Waals surface area contributed by atoms with Gasteiger partial charge in [-0.25, -0.2) is 0 Å². The summed E-state index contributed by atoms with van der Waals surface area (Å²) in [5.41, 5.74) is 10.9. The summed E-state index contributed by atoms with van der Waals surface area (Å²) in [7, 11) is 1.60. The molecule has 0 aromatic heterocycles. The van der Waals surface area contributed by atoms with Crippen molar-refractivity contribution in [2.24, 2.45) is 5.73 Å². The van der Waals surface area contributed by atoms with E-state index in [4.69, 9.17) is 22.1 Å². The Kier molecular flexibility index (Phi) is 4.13. The molecular formula is C16H18ClNO. The third kappa shape index (κ3) is 2.91. The van der Waals surface area contributed by atoms with E-state index in [0.717, 1.165) is 11.1 Å². The molecule has 0 heterocycles. The minimum atomic E-state index is -0.174. The van der Waals surface area contributed by atoms with Gasteiger partial charge in [0.1, 0.15) is 5.75 Å². The van der Waals surface area contributed by atoms with Crippen molar-refractivity contribution in [1.82, 2.24) is 0 Å². The highest BCUT2D eigenvalue weighted by atomic mass is 35.5. The Balaban J connectivity index is 2.40. The van der Waals surface area contributed by atoms with Gasteiger partial charge in [-0.2, -0.15) is 0 Å². The second kappa shape index (κ2) is 5.64. The van der Waals surface area contributed by atoms with Crippen LogP contribution >= 0.6 is 11.6 Å². The van der Waals surface area contributed by atoms with Crippen LogP contribution in [0.3, 0.4) is 0 Å². The van der Waals surface area contributed by atoms with E-state index in [1.165, 1.54) is 11.1 Å². The van der Waals surface area contributed by atoms with Crippen LogP contribution in [0.5, 0.6) is 5.75 Å². The fraction of sp³-hybridized carbons (Fsp3) is 0.250. The number of halogens is 1. The van der Waals surface area contributed by atoms with Crippen LogP contribution in [0, 0.1) is 13.8 Å². The largest absolute Gasteiger partial charge is 0.495 e. The first kappa shape index (κ1) is 13.9. The van der Waals surface area contributed by atoms with Gasteiger partial charge < -0.3 is 10.5 Å². The molecule has 0 aliphatic heterocycles. The zero-order valence-electron chi connectivity index (χ0n) is 11.4. The zero-order valence-corrected chi connectivity index (χ0v) is 12.2. The van der Waals surface area contributed by atoms with E-state index in [2.05, 4.69) is 32.0 Å². The average molecular weight is 276 g/mol. The van der Waals surface area contributed by atoms with Gasteiger partial charge in [0.2, 0.25) is 0 Å². The average Bonchev–Trinajstić information content (AvgIpc) is 2.38. The van der Waals surface area contributed by atoms with Crippen LogP contribution < -0.4 is 10.5 Å². The predicted molar refractivity (Wildman–Crippen MR) is 80.0 cm³/mol. The summed E-state index contributed by atoms with van der Waals surface area (Å²) in [4.78, 5) is 0. The Hall–Kier alpha value is -1.51. The van der Waals surface area contributed by atoms with E-state index >= 15 is 0 Å². The first-order valence-corrected chi connectivity index (χ1v) is 6.57. The summed E-state index contributed by atoms with van der Waals surface area (Å²) in [6.07, 6.45) is 0. The molecule has 100 valence electrons. The molecule has 0 saturated heterocycles. The van der Waals surface area contributed by atoms with Crippen molar-refractivity contribution in [2.45, 2.75) is 19.9 Å². The molecule has 2 aromatic rings. The normalized spacial score (nSPS) is 12.3. The van der Waals surface area contributed by atoms with Gasteiger partial charge in [0, 0.05) is 0 Å². The monoisotopic (exact) mass is 275 g/mol. The zero-order chi connectivity index (χ0) is 14.0. The molecule has 0 aliphatic rings. The molecule has 2 N–H and O–H groups in total. The molecule has 2 rings (SSSR count). The van der Waals surface area contributed by atoms with E-state index in [0.29, 0.717) is 10.8 Å².